The first-order chi connectivity index (χ1) is 12.5. The molecule has 1 aromatic heterocycles. The molecule has 0 bridgehead atoms. The Morgan fingerprint density at radius 3 is 2.35 bits per heavy atom. The van der Waals surface area contributed by atoms with Gasteiger partial charge in [-0.05, 0) is 38.1 Å². The summed E-state index contributed by atoms with van der Waals surface area (Å²) in [5, 5.41) is 8.53. The van der Waals surface area contributed by atoms with Crippen molar-refractivity contribution in [3.05, 3.63) is 70.5 Å². The average Bonchev–Trinajstić information content (AvgIpc) is 3.09. The van der Waals surface area contributed by atoms with Crippen molar-refractivity contribution in [1.82, 2.24) is 10.3 Å². The van der Waals surface area contributed by atoms with E-state index in [0.29, 0.717) is 11.3 Å². The van der Waals surface area contributed by atoms with E-state index in [4.69, 9.17) is 0 Å². The second kappa shape index (κ2) is 7.93. The molecule has 1 unspecified atom stereocenters. The van der Waals surface area contributed by atoms with Gasteiger partial charge in [-0.25, -0.2) is 4.98 Å². The van der Waals surface area contributed by atoms with Crippen molar-refractivity contribution >= 4 is 28.8 Å². The molecule has 2 N–H and O–H groups in total. The summed E-state index contributed by atoms with van der Waals surface area (Å²) < 4.78 is 0. The first-order valence-electron chi connectivity index (χ1n) is 8.22. The number of amides is 2. The van der Waals surface area contributed by atoms with E-state index >= 15 is 0 Å². The molecular formula is C20H19N3O2S. The van der Waals surface area contributed by atoms with Gasteiger partial charge in [0.2, 0.25) is 5.91 Å². The van der Waals surface area contributed by atoms with Crippen molar-refractivity contribution in [3.8, 4) is 11.3 Å². The fourth-order valence-corrected chi connectivity index (χ4v) is 3.03. The molecule has 2 amide bonds. The number of benzene rings is 2. The van der Waals surface area contributed by atoms with Gasteiger partial charge in [0.05, 0.1) is 10.7 Å². The maximum absolute atomic E-state index is 12.3. The number of rotatable bonds is 5. The zero-order chi connectivity index (χ0) is 18.5. The van der Waals surface area contributed by atoms with Gasteiger partial charge < -0.3 is 10.6 Å². The van der Waals surface area contributed by atoms with Crippen LogP contribution in [0.25, 0.3) is 11.3 Å². The normalized spacial score (nSPS) is 11.6. The van der Waals surface area contributed by atoms with Crippen LogP contribution in [0.1, 0.15) is 22.3 Å². The highest BCUT2D eigenvalue weighted by atomic mass is 32.1. The van der Waals surface area contributed by atoms with Gasteiger partial charge >= 0.3 is 0 Å². The van der Waals surface area contributed by atoms with Gasteiger partial charge in [-0.2, -0.15) is 0 Å². The van der Waals surface area contributed by atoms with Crippen LogP contribution in [0.5, 0.6) is 0 Å². The van der Waals surface area contributed by atoms with E-state index in [0.717, 1.165) is 16.3 Å². The Labute approximate surface area is 156 Å². The Kier molecular flexibility index (Phi) is 5.43. The minimum absolute atomic E-state index is 0.272. The van der Waals surface area contributed by atoms with Crippen molar-refractivity contribution in [2.45, 2.75) is 19.9 Å². The number of nitrogens with one attached hydrogen (secondary N) is 2. The lowest BCUT2D eigenvalue weighted by Gasteiger charge is -2.14. The highest BCUT2D eigenvalue weighted by Gasteiger charge is 2.16. The summed E-state index contributed by atoms with van der Waals surface area (Å²) in [5.74, 6) is -0.547. The Bertz CT molecular complexity index is 904. The molecule has 0 aliphatic heterocycles. The van der Waals surface area contributed by atoms with Gasteiger partial charge in [-0.3, -0.25) is 9.59 Å². The van der Waals surface area contributed by atoms with Crippen molar-refractivity contribution in [3.63, 3.8) is 0 Å². The van der Waals surface area contributed by atoms with Crippen molar-refractivity contribution < 1.29 is 9.59 Å². The SMILES string of the molecule is Cc1nc(-c2ccc(NC(=O)C(C)NC(=O)c3ccccc3)cc2)cs1. The molecule has 0 saturated carbocycles. The van der Waals surface area contributed by atoms with Crippen molar-refractivity contribution in [2.75, 3.05) is 5.32 Å². The molecule has 0 fully saturated rings. The van der Waals surface area contributed by atoms with Gasteiger partial charge in [0, 0.05) is 22.2 Å². The lowest BCUT2D eigenvalue weighted by atomic mass is 10.1. The summed E-state index contributed by atoms with van der Waals surface area (Å²) in [7, 11) is 0. The van der Waals surface area contributed by atoms with Crippen molar-refractivity contribution in [2.24, 2.45) is 0 Å². The fraction of sp³-hybridized carbons (Fsp3) is 0.150. The van der Waals surface area contributed by atoms with E-state index < -0.39 is 6.04 Å². The topological polar surface area (TPSA) is 71.1 Å². The van der Waals surface area contributed by atoms with Crippen molar-refractivity contribution in [1.29, 1.82) is 0 Å². The van der Waals surface area contributed by atoms with Crippen LogP contribution in [-0.2, 0) is 4.79 Å². The quantitative estimate of drug-likeness (QED) is 0.721. The van der Waals surface area contributed by atoms with Gasteiger partial charge in [0.25, 0.3) is 5.91 Å². The third-order valence-electron chi connectivity index (χ3n) is 3.84. The summed E-state index contributed by atoms with van der Waals surface area (Å²) in [6, 6.07) is 15.6. The predicted molar refractivity (Wildman–Crippen MR) is 104 cm³/mol. The molecule has 2 aromatic carbocycles. The molecule has 0 aliphatic rings. The molecule has 132 valence electrons. The Hall–Kier alpha value is -2.99. The number of nitrogens with zero attached hydrogens (tertiary/aromatic N) is 1. The molecule has 5 nitrogen and oxygen atoms in total. The smallest absolute Gasteiger partial charge is 0.251 e. The summed E-state index contributed by atoms with van der Waals surface area (Å²) in [5.41, 5.74) is 3.12. The lowest BCUT2D eigenvalue weighted by molar-refractivity contribution is -0.117. The van der Waals surface area contributed by atoms with Crippen LogP contribution in [0.4, 0.5) is 5.69 Å². The van der Waals surface area contributed by atoms with Gasteiger partial charge in [-0.15, -0.1) is 11.3 Å². The highest BCUT2D eigenvalue weighted by Crippen LogP contribution is 2.23. The third-order valence-corrected chi connectivity index (χ3v) is 4.62. The van der Waals surface area contributed by atoms with E-state index in [1.807, 2.05) is 42.6 Å². The first kappa shape index (κ1) is 17.8. The van der Waals surface area contributed by atoms with Crippen LogP contribution in [0.3, 0.4) is 0 Å². The number of anilines is 1. The van der Waals surface area contributed by atoms with E-state index in [1.165, 1.54) is 0 Å². The summed E-state index contributed by atoms with van der Waals surface area (Å²) in [6.45, 7) is 3.62. The third kappa shape index (κ3) is 4.34. The van der Waals surface area contributed by atoms with Crippen LogP contribution in [0.15, 0.2) is 60.0 Å². The molecule has 26 heavy (non-hydrogen) atoms. The Morgan fingerprint density at radius 1 is 1.04 bits per heavy atom. The molecule has 0 spiro atoms. The Morgan fingerprint density at radius 2 is 1.73 bits per heavy atom. The first-order valence-corrected chi connectivity index (χ1v) is 9.10. The minimum Gasteiger partial charge on any atom is -0.341 e. The molecular weight excluding hydrogens is 346 g/mol. The second-order valence-corrected chi connectivity index (χ2v) is 6.94. The largest absolute Gasteiger partial charge is 0.341 e. The van der Waals surface area contributed by atoms with Crippen LogP contribution >= 0.6 is 11.3 Å². The average molecular weight is 365 g/mol. The summed E-state index contributed by atoms with van der Waals surface area (Å²) in [4.78, 5) is 28.9. The zero-order valence-electron chi connectivity index (χ0n) is 14.5. The number of carbonyl (C=O) groups is 2. The maximum atomic E-state index is 12.3. The molecule has 3 rings (SSSR count). The van der Waals surface area contributed by atoms with Gasteiger partial charge in [-0.1, -0.05) is 30.3 Å². The van der Waals surface area contributed by atoms with Crippen LogP contribution < -0.4 is 10.6 Å². The molecule has 1 heterocycles. The van der Waals surface area contributed by atoms with Crippen LogP contribution in [0, 0.1) is 6.92 Å². The minimum atomic E-state index is -0.649. The Balaban J connectivity index is 1.59. The van der Waals surface area contributed by atoms with E-state index in [-0.39, 0.29) is 11.8 Å². The number of thiazole rings is 1. The molecule has 0 radical (unpaired) electrons. The fourth-order valence-electron chi connectivity index (χ4n) is 2.41. The van der Waals surface area contributed by atoms with Crippen LogP contribution in [-0.4, -0.2) is 22.8 Å². The van der Waals surface area contributed by atoms with E-state index in [1.54, 1.807) is 42.5 Å². The molecule has 0 aliphatic carbocycles. The van der Waals surface area contributed by atoms with E-state index in [9.17, 15) is 9.59 Å². The second-order valence-electron chi connectivity index (χ2n) is 5.88. The molecule has 1 atom stereocenters. The number of carbonyl (C=O) groups excluding carboxylic acids is 2. The highest BCUT2D eigenvalue weighted by molar-refractivity contribution is 7.09. The number of hydrogen-bond acceptors (Lipinski definition) is 4. The van der Waals surface area contributed by atoms with Crippen LogP contribution in [0.2, 0.25) is 0 Å². The van der Waals surface area contributed by atoms with Gasteiger partial charge in [0.1, 0.15) is 6.04 Å². The van der Waals surface area contributed by atoms with E-state index in [2.05, 4.69) is 15.6 Å². The summed E-state index contributed by atoms with van der Waals surface area (Å²) >= 11 is 1.60. The monoisotopic (exact) mass is 365 g/mol. The number of aryl methyl sites for hydroxylation is 1. The number of hydrogen-bond donors (Lipinski definition) is 2. The predicted octanol–water partition coefficient (Wildman–Crippen LogP) is 3.88. The standard InChI is InChI=1S/C20H19N3O2S/c1-13(21-20(25)16-6-4-3-5-7-16)19(24)23-17-10-8-15(9-11-17)18-12-26-14(2)22-18/h3-13H,1-2H3,(H,21,25)(H,23,24). The lowest BCUT2D eigenvalue weighted by Crippen LogP contribution is -2.41. The maximum Gasteiger partial charge on any atom is 0.251 e. The molecule has 6 heteroatoms. The molecule has 0 saturated heterocycles. The van der Waals surface area contributed by atoms with Gasteiger partial charge in [0.15, 0.2) is 0 Å². The summed E-state index contributed by atoms with van der Waals surface area (Å²) in [6.07, 6.45) is 0. The number of aromatic nitrogens is 1. The zero-order valence-corrected chi connectivity index (χ0v) is 15.3. The molecule has 3 aromatic rings.